The number of aliphatic hydroxyl groups excluding tert-OH is 2. The van der Waals surface area contributed by atoms with Crippen molar-refractivity contribution in [3.63, 3.8) is 0 Å². The van der Waals surface area contributed by atoms with Gasteiger partial charge in [0.1, 0.15) is 0 Å². The number of unbranched alkanes of at least 4 members (excludes halogenated alkanes) is 56. The number of aliphatic hydroxyl groups is 2. The third-order valence-corrected chi connectivity index (χ3v) is 17.8. The number of ether oxygens (including phenoxy) is 1. The Morgan fingerprint density at radius 3 is 0.927 bits per heavy atom. The van der Waals surface area contributed by atoms with Crippen molar-refractivity contribution < 1.29 is 24.5 Å². The largest absolute Gasteiger partial charge is 0.466 e. The van der Waals surface area contributed by atoms with E-state index >= 15 is 0 Å². The Kier molecular flexibility index (Phi) is 70.4. The van der Waals surface area contributed by atoms with Crippen LogP contribution in [0.25, 0.3) is 0 Å². The van der Waals surface area contributed by atoms with Crippen LogP contribution in [-0.4, -0.2) is 47.4 Å². The van der Waals surface area contributed by atoms with Gasteiger partial charge >= 0.3 is 5.97 Å². The summed E-state index contributed by atoms with van der Waals surface area (Å²) < 4.78 is 5.48. The minimum Gasteiger partial charge on any atom is -0.466 e. The summed E-state index contributed by atoms with van der Waals surface area (Å²) in [5.41, 5.74) is 0. The molecule has 2 atom stereocenters. The second-order valence-corrected chi connectivity index (χ2v) is 26.0. The molecule has 0 radical (unpaired) electrons. The molecule has 0 aliphatic carbocycles. The van der Waals surface area contributed by atoms with Gasteiger partial charge in [0.2, 0.25) is 5.91 Å². The van der Waals surface area contributed by atoms with Crippen LogP contribution in [0.3, 0.4) is 0 Å². The third kappa shape index (κ3) is 67.5. The lowest BCUT2D eigenvalue weighted by Gasteiger charge is -2.22. The van der Waals surface area contributed by atoms with E-state index in [9.17, 15) is 19.8 Å². The van der Waals surface area contributed by atoms with Crippen LogP contribution in [0.4, 0.5) is 0 Å². The fourth-order valence-corrected chi connectivity index (χ4v) is 12.0. The van der Waals surface area contributed by atoms with E-state index in [0.29, 0.717) is 25.9 Å². The zero-order valence-electron chi connectivity index (χ0n) is 55.8. The van der Waals surface area contributed by atoms with Crippen LogP contribution in [0.15, 0.2) is 24.3 Å². The molecule has 0 aromatic rings. The Balaban J connectivity index is 3.38. The Bertz CT molecular complexity index is 1280. The van der Waals surface area contributed by atoms with E-state index < -0.39 is 12.1 Å². The van der Waals surface area contributed by atoms with Crippen LogP contribution in [0, 0.1) is 0 Å². The minimum atomic E-state index is -0.664. The fraction of sp³-hybridized carbons (Fsp3) is 0.921. The average Bonchev–Trinajstić information content (AvgIpc) is 3.48. The highest BCUT2D eigenvalue weighted by molar-refractivity contribution is 5.76. The fourth-order valence-electron chi connectivity index (χ4n) is 12.0. The molecule has 82 heavy (non-hydrogen) atoms. The Hall–Kier alpha value is -1.66. The molecule has 486 valence electrons. The van der Waals surface area contributed by atoms with Gasteiger partial charge in [0.25, 0.3) is 0 Å². The van der Waals surface area contributed by atoms with E-state index in [1.54, 1.807) is 0 Å². The number of nitrogens with one attached hydrogen (secondary N) is 1. The Labute approximate surface area is 513 Å². The highest BCUT2D eigenvalue weighted by atomic mass is 16.5. The van der Waals surface area contributed by atoms with Crippen LogP contribution >= 0.6 is 0 Å². The van der Waals surface area contributed by atoms with Crippen LogP contribution in [0.1, 0.15) is 425 Å². The van der Waals surface area contributed by atoms with E-state index in [4.69, 9.17) is 4.74 Å². The van der Waals surface area contributed by atoms with Crippen molar-refractivity contribution >= 4 is 11.9 Å². The summed E-state index contributed by atoms with van der Waals surface area (Å²) in [6, 6.07) is -0.541. The van der Waals surface area contributed by atoms with Gasteiger partial charge in [-0.15, -0.1) is 0 Å². The molecule has 0 saturated heterocycles. The van der Waals surface area contributed by atoms with Gasteiger partial charge in [0.15, 0.2) is 0 Å². The van der Waals surface area contributed by atoms with E-state index in [1.165, 1.54) is 347 Å². The summed E-state index contributed by atoms with van der Waals surface area (Å²) in [6.07, 6.45) is 91.1. The summed E-state index contributed by atoms with van der Waals surface area (Å²) >= 11 is 0. The zero-order chi connectivity index (χ0) is 59.2. The maximum Gasteiger partial charge on any atom is 0.305 e. The molecular weight excluding hydrogens is 1010 g/mol. The molecule has 0 fully saturated rings. The van der Waals surface area contributed by atoms with Crippen molar-refractivity contribution in [2.45, 2.75) is 437 Å². The number of carbonyl (C=O) groups is 2. The number of hydrogen-bond donors (Lipinski definition) is 3. The maximum atomic E-state index is 12.6. The van der Waals surface area contributed by atoms with Gasteiger partial charge < -0.3 is 20.3 Å². The van der Waals surface area contributed by atoms with Crippen molar-refractivity contribution in [1.82, 2.24) is 5.32 Å². The molecule has 0 spiro atoms. The van der Waals surface area contributed by atoms with Gasteiger partial charge in [-0.25, -0.2) is 0 Å². The Morgan fingerprint density at radius 2 is 0.610 bits per heavy atom. The number of esters is 1. The predicted octanol–water partition coefficient (Wildman–Crippen LogP) is 24.5. The first-order valence-corrected chi connectivity index (χ1v) is 37.6. The lowest BCUT2D eigenvalue weighted by Crippen LogP contribution is -2.45. The summed E-state index contributed by atoms with van der Waals surface area (Å²) in [6.45, 7) is 4.99. The SMILES string of the molecule is CCCCCCCCCCCCCCCCCCCCCCC(O)C(CO)NC(=O)CCCCCCCCCCCCCCCCCCC/C=C\C/C=C\CCCCCCCCCCCOC(=O)CCCCCCCCCCCCCC. The highest BCUT2D eigenvalue weighted by Gasteiger charge is 2.20. The zero-order valence-corrected chi connectivity index (χ0v) is 55.8. The van der Waals surface area contributed by atoms with Gasteiger partial charge in [-0.1, -0.05) is 378 Å². The molecule has 0 aromatic heterocycles. The number of hydrogen-bond acceptors (Lipinski definition) is 5. The van der Waals surface area contributed by atoms with Crippen molar-refractivity contribution in [2.75, 3.05) is 13.2 Å². The lowest BCUT2D eigenvalue weighted by molar-refractivity contribution is -0.143. The quantitative estimate of drug-likeness (QED) is 0.0320. The molecule has 6 nitrogen and oxygen atoms in total. The molecule has 3 N–H and O–H groups in total. The smallest absolute Gasteiger partial charge is 0.305 e. The molecule has 1 amide bonds. The van der Waals surface area contributed by atoms with Gasteiger partial charge in [-0.05, 0) is 57.8 Å². The number of carbonyl (C=O) groups excluding carboxylic acids is 2. The molecule has 0 bridgehead atoms. The second kappa shape index (κ2) is 71.8. The van der Waals surface area contributed by atoms with E-state index in [2.05, 4.69) is 43.5 Å². The van der Waals surface area contributed by atoms with Crippen molar-refractivity contribution in [3.8, 4) is 0 Å². The maximum absolute atomic E-state index is 12.6. The second-order valence-electron chi connectivity index (χ2n) is 26.0. The molecule has 0 heterocycles. The van der Waals surface area contributed by atoms with E-state index in [1.807, 2.05) is 0 Å². The van der Waals surface area contributed by atoms with Gasteiger partial charge in [0.05, 0.1) is 25.4 Å². The summed E-state index contributed by atoms with van der Waals surface area (Å²) in [5.74, 6) is -0.0127. The van der Waals surface area contributed by atoms with Gasteiger partial charge in [-0.2, -0.15) is 0 Å². The minimum absolute atomic E-state index is 0.0157. The average molecular weight is 1160 g/mol. The van der Waals surface area contributed by atoms with Crippen molar-refractivity contribution in [1.29, 1.82) is 0 Å². The molecule has 2 unspecified atom stereocenters. The molecule has 0 aliphatic heterocycles. The Morgan fingerprint density at radius 1 is 0.341 bits per heavy atom. The van der Waals surface area contributed by atoms with Crippen LogP contribution in [0.5, 0.6) is 0 Å². The van der Waals surface area contributed by atoms with Gasteiger partial charge in [0, 0.05) is 12.8 Å². The molecule has 0 rings (SSSR count). The van der Waals surface area contributed by atoms with Crippen molar-refractivity contribution in [3.05, 3.63) is 24.3 Å². The normalized spacial score (nSPS) is 12.6. The molecule has 0 aromatic carbocycles. The monoisotopic (exact) mass is 1150 g/mol. The molecular formula is C76H147NO5. The van der Waals surface area contributed by atoms with Crippen LogP contribution in [-0.2, 0) is 14.3 Å². The molecule has 0 aliphatic rings. The molecule has 6 heteroatoms. The third-order valence-electron chi connectivity index (χ3n) is 17.8. The van der Waals surface area contributed by atoms with E-state index in [0.717, 1.165) is 44.9 Å². The van der Waals surface area contributed by atoms with Gasteiger partial charge in [-0.3, -0.25) is 9.59 Å². The van der Waals surface area contributed by atoms with Crippen LogP contribution < -0.4 is 5.32 Å². The first kappa shape index (κ1) is 80.3. The first-order valence-electron chi connectivity index (χ1n) is 37.6. The summed E-state index contributed by atoms with van der Waals surface area (Å²) in [5, 5.41) is 23.4. The number of rotatable bonds is 71. The van der Waals surface area contributed by atoms with Crippen LogP contribution in [0.2, 0.25) is 0 Å². The lowest BCUT2D eigenvalue weighted by atomic mass is 10.0. The van der Waals surface area contributed by atoms with E-state index in [-0.39, 0.29) is 18.5 Å². The predicted molar refractivity (Wildman–Crippen MR) is 361 cm³/mol. The molecule has 0 saturated carbocycles. The highest BCUT2D eigenvalue weighted by Crippen LogP contribution is 2.19. The topological polar surface area (TPSA) is 95.9 Å². The first-order chi connectivity index (χ1) is 40.5. The van der Waals surface area contributed by atoms with Crippen molar-refractivity contribution in [2.24, 2.45) is 0 Å². The summed E-state index contributed by atoms with van der Waals surface area (Å²) in [4.78, 5) is 24.6. The summed E-state index contributed by atoms with van der Waals surface area (Å²) in [7, 11) is 0. The number of amides is 1. The standard InChI is InChI=1S/C76H147NO5/c1-3-5-7-9-11-13-15-17-18-19-20-36-39-42-45-48-52-56-60-64-68-74(79)73(72-78)77-75(80)69-65-61-57-53-49-46-43-40-37-34-32-30-28-26-24-22-21-23-25-27-29-31-33-35-38-41-44-47-51-55-59-63-67-71-82-76(81)70-66-62-58-54-50-16-14-12-10-8-6-4-2/h25,27,31,33,73-74,78-79H,3-24,26,28-30,32,34-72H2,1-2H3,(H,77,80)/b27-25-,33-31-. The number of allylic oxidation sites excluding steroid dienone is 4.